The Bertz CT molecular complexity index is 1650. The first-order valence-electron chi connectivity index (χ1n) is 11.0. The van der Waals surface area contributed by atoms with E-state index in [1.807, 2.05) is 36.4 Å². The minimum atomic E-state index is -0.209. The van der Waals surface area contributed by atoms with Crippen molar-refractivity contribution in [2.45, 2.75) is 13.5 Å². The van der Waals surface area contributed by atoms with Gasteiger partial charge in [0.25, 0.3) is 5.56 Å². The van der Waals surface area contributed by atoms with Crippen molar-refractivity contribution in [3.63, 3.8) is 0 Å². The number of fused-ring (bicyclic) bond motifs is 4. The number of rotatable bonds is 7. The molecule has 0 unspecified atom stereocenters. The average Bonchev–Trinajstić information content (AvgIpc) is 3.17. The normalized spacial score (nSPS) is 11.8. The van der Waals surface area contributed by atoms with E-state index in [0.717, 1.165) is 5.56 Å². The number of aryl methyl sites for hydroxylation is 1. The van der Waals surface area contributed by atoms with Gasteiger partial charge in [-0.2, -0.15) is 9.78 Å². The van der Waals surface area contributed by atoms with Crippen LogP contribution in [-0.2, 0) is 11.3 Å². The summed E-state index contributed by atoms with van der Waals surface area (Å²) in [6.07, 6.45) is 1.66. The van der Waals surface area contributed by atoms with E-state index in [1.165, 1.54) is 0 Å². The summed E-state index contributed by atoms with van der Waals surface area (Å²) >= 11 is 0. The Labute approximate surface area is 200 Å². The first kappa shape index (κ1) is 22.5. The number of para-hydroxylation sites is 2. The number of methoxy groups -OCH3 is 3. The van der Waals surface area contributed by atoms with Crippen LogP contribution in [0.1, 0.15) is 11.4 Å². The molecule has 10 nitrogen and oxygen atoms in total. The van der Waals surface area contributed by atoms with Crippen molar-refractivity contribution in [1.82, 2.24) is 24.2 Å². The monoisotopic (exact) mass is 472 g/mol. The van der Waals surface area contributed by atoms with Crippen LogP contribution in [0.4, 0.5) is 0 Å². The second kappa shape index (κ2) is 9.15. The van der Waals surface area contributed by atoms with Gasteiger partial charge in [0.05, 0.1) is 44.6 Å². The molecule has 0 saturated heterocycles. The topological polar surface area (TPSA) is 106 Å². The molecule has 0 aliphatic heterocycles. The summed E-state index contributed by atoms with van der Waals surface area (Å²) in [4.78, 5) is 27.8. The third-order valence-corrected chi connectivity index (χ3v) is 5.78. The lowest BCUT2D eigenvalue weighted by Gasteiger charge is -2.09. The van der Waals surface area contributed by atoms with E-state index in [4.69, 9.17) is 29.2 Å². The lowest BCUT2D eigenvalue weighted by Crippen LogP contribution is -2.25. The van der Waals surface area contributed by atoms with Gasteiger partial charge >= 0.3 is 0 Å². The summed E-state index contributed by atoms with van der Waals surface area (Å²) in [5.74, 6) is 1.75. The fourth-order valence-electron chi connectivity index (χ4n) is 4.03. The highest BCUT2D eigenvalue weighted by atomic mass is 16.5. The molecular formula is C25H24N6O4. The van der Waals surface area contributed by atoms with Gasteiger partial charge < -0.3 is 14.2 Å². The largest absolute Gasteiger partial charge is 0.493 e. The highest BCUT2D eigenvalue weighted by molar-refractivity contribution is 6.05. The smallest absolute Gasteiger partial charge is 0.265 e. The molecule has 0 N–H and O–H groups in total. The second-order valence-corrected chi connectivity index (χ2v) is 7.86. The van der Waals surface area contributed by atoms with E-state index in [9.17, 15) is 4.79 Å². The molecule has 0 bridgehead atoms. The van der Waals surface area contributed by atoms with Gasteiger partial charge in [0.2, 0.25) is 0 Å². The molecule has 0 aliphatic rings. The molecule has 178 valence electrons. The maximum Gasteiger partial charge on any atom is 0.265 e. The molecule has 0 spiro atoms. The Morgan fingerprint density at radius 1 is 0.943 bits per heavy atom. The molecule has 0 fully saturated rings. The van der Waals surface area contributed by atoms with Gasteiger partial charge in [-0.05, 0) is 42.8 Å². The lowest BCUT2D eigenvalue weighted by atomic mass is 10.2. The van der Waals surface area contributed by atoms with Crippen LogP contribution >= 0.6 is 0 Å². The van der Waals surface area contributed by atoms with Crippen molar-refractivity contribution >= 4 is 39.4 Å². The Balaban J connectivity index is 1.78. The van der Waals surface area contributed by atoms with Crippen LogP contribution in [0.15, 0.2) is 52.4 Å². The third kappa shape index (κ3) is 3.87. The average molecular weight is 473 g/mol. The Kier molecular flexibility index (Phi) is 5.87. The number of benzene rings is 2. The van der Waals surface area contributed by atoms with E-state index in [1.54, 1.807) is 49.8 Å². The van der Waals surface area contributed by atoms with Gasteiger partial charge in [-0.25, -0.2) is 15.0 Å². The first-order valence-corrected chi connectivity index (χ1v) is 11.0. The molecular weight excluding hydrogens is 448 g/mol. The standard InChI is InChI=1S/C25H24N6O4/c1-15-27-23-21(25(32)30(15)11-12-33-2)22-24(29-18-8-6-5-7-17(18)28-22)31(23)26-14-16-9-10-19(34-3)20(13-16)35-4/h5-10,13-14H,11-12H2,1-4H3/b26-14-. The fraction of sp³-hybridized carbons (Fsp3) is 0.240. The van der Waals surface area contributed by atoms with Crippen molar-refractivity contribution in [2.24, 2.45) is 5.10 Å². The zero-order valence-electron chi connectivity index (χ0n) is 19.8. The molecule has 3 aromatic heterocycles. The van der Waals surface area contributed by atoms with Crippen LogP contribution < -0.4 is 15.0 Å². The molecule has 5 aromatic rings. The van der Waals surface area contributed by atoms with E-state index >= 15 is 0 Å². The number of hydrogen-bond donors (Lipinski definition) is 0. The van der Waals surface area contributed by atoms with Gasteiger partial charge in [0, 0.05) is 7.11 Å². The van der Waals surface area contributed by atoms with Gasteiger partial charge in [0.15, 0.2) is 22.8 Å². The maximum absolute atomic E-state index is 13.6. The molecule has 0 atom stereocenters. The van der Waals surface area contributed by atoms with E-state index in [-0.39, 0.29) is 5.56 Å². The van der Waals surface area contributed by atoms with Crippen molar-refractivity contribution in [3.05, 3.63) is 64.2 Å². The van der Waals surface area contributed by atoms with Gasteiger partial charge in [-0.3, -0.25) is 9.36 Å². The zero-order chi connectivity index (χ0) is 24.5. The van der Waals surface area contributed by atoms with Crippen LogP contribution in [0, 0.1) is 6.92 Å². The molecule has 0 aliphatic carbocycles. The summed E-state index contributed by atoms with van der Waals surface area (Å²) in [7, 11) is 4.76. The van der Waals surface area contributed by atoms with Crippen LogP contribution in [0.25, 0.3) is 33.2 Å². The van der Waals surface area contributed by atoms with E-state index in [2.05, 4.69) is 5.10 Å². The molecule has 10 heteroatoms. The Morgan fingerprint density at radius 3 is 2.40 bits per heavy atom. The van der Waals surface area contributed by atoms with Crippen molar-refractivity contribution in [3.8, 4) is 11.5 Å². The molecule has 2 aromatic carbocycles. The van der Waals surface area contributed by atoms with Crippen LogP contribution in [0.3, 0.4) is 0 Å². The maximum atomic E-state index is 13.6. The van der Waals surface area contributed by atoms with Crippen molar-refractivity contribution < 1.29 is 14.2 Å². The number of hydrogen-bond acceptors (Lipinski definition) is 8. The first-order chi connectivity index (χ1) is 17.0. The summed E-state index contributed by atoms with van der Waals surface area (Å²) in [6.45, 7) is 2.55. The highest BCUT2D eigenvalue weighted by Gasteiger charge is 2.21. The fourth-order valence-corrected chi connectivity index (χ4v) is 4.03. The number of nitrogens with zero attached hydrogens (tertiary/aromatic N) is 6. The molecule has 0 amide bonds. The third-order valence-electron chi connectivity index (χ3n) is 5.78. The molecule has 0 radical (unpaired) electrons. The summed E-state index contributed by atoms with van der Waals surface area (Å²) in [5.41, 5.74) is 3.24. The Morgan fingerprint density at radius 2 is 1.69 bits per heavy atom. The quantitative estimate of drug-likeness (QED) is 0.335. The molecule has 35 heavy (non-hydrogen) atoms. The predicted octanol–water partition coefficient (Wildman–Crippen LogP) is 3.15. The molecule has 3 heterocycles. The minimum absolute atomic E-state index is 0.209. The van der Waals surface area contributed by atoms with Gasteiger partial charge in [-0.1, -0.05) is 12.1 Å². The Hall–Kier alpha value is -4.31. The van der Waals surface area contributed by atoms with Crippen LogP contribution in [0.2, 0.25) is 0 Å². The predicted molar refractivity (Wildman–Crippen MR) is 134 cm³/mol. The molecule has 5 rings (SSSR count). The summed E-state index contributed by atoms with van der Waals surface area (Å²) < 4.78 is 19.0. The van der Waals surface area contributed by atoms with Crippen LogP contribution in [-0.4, -0.2) is 58.3 Å². The SMILES string of the molecule is COCCn1c(C)nc2c(c1=O)c1nc3ccccc3nc1n2/N=C\c1ccc(OC)c(OC)c1. The minimum Gasteiger partial charge on any atom is -0.493 e. The summed E-state index contributed by atoms with van der Waals surface area (Å²) in [6, 6.07) is 13.0. The van der Waals surface area contributed by atoms with Crippen LogP contribution in [0.5, 0.6) is 11.5 Å². The van der Waals surface area contributed by atoms with Crippen molar-refractivity contribution in [1.29, 1.82) is 0 Å². The van der Waals surface area contributed by atoms with E-state index < -0.39 is 0 Å². The highest BCUT2D eigenvalue weighted by Crippen LogP contribution is 2.28. The zero-order valence-corrected chi connectivity index (χ0v) is 19.8. The summed E-state index contributed by atoms with van der Waals surface area (Å²) in [5, 5.41) is 5.03. The number of aromatic nitrogens is 5. The van der Waals surface area contributed by atoms with Gasteiger partial charge in [0.1, 0.15) is 16.7 Å². The van der Waals surface area contributed by atoms with E-state index in [0.29, 0.717) is 63.7 Å². The second-order valence-electron chi connectivity index (χ2n) is 7.86. The lowest BCUT2D eigenvalue weighted by molar-refractivity contribution is 0.185. The molecule has 0 saturated carbocycles. The van der Waals surface area contributed by atoms with Gasteiger partial charge in [-0.15, -0.1) is 0 Å². The van der Waals surface area contributed by atoms with Crippen molar-refractivity contribution in [2.75, 3.05) is 27.9 Å². The number of ether oxygens (including phenoxy) is 3.